The summed E-state index contributed by atoms with van der Waals surface area (Å²) in [5.74, 6) is 1.49. The van der Waals surface area contributed by atoms with Gasteiger partial charge in [0.2, 0.25) is 5.88 Å². The molecule has 15 heavy (non-hydrogen) atoms. The maximum Gasteiger partial charge on any atom is 0.212 e. The fourth-order valence-corrected chi connectivity index (χ4v) is 1.84. The number of aromatic nitrogens is 1. The van der Waals surface area contributed by atoms with Crippen LogP contribution in [-0.4, -0.2) is 12.1 Å². The lowest BCUT2D eigenvalue weighted by molar-refractivity contribution is 0.397. The molecule has 0 aliphatic heterocycles. The molecule has 1 heterocycles. The zero-order chi connectivity index (χ0) is 11.1. The minimum absolute atomic E-state index is 0.697. The van der Waals surface area contributed by atoms with E-state index in [0.29, 0.717) is 5.88 Å². The first kappa shape index (κ1) is 12.0. The van der Waals surface area contributed by atoms with Crippen molar-refractivity contribution in [2.45, 2.75) is 39.5 Å². The molecule has 0 amide bonds. The van der Waals surface area contributed by atoms with Crippen molar-refractivity contribution in [1.29, 1.82) is 0 Å². The van der Waals surface area contributed by atoms with Crippen molar-refractivity contribution in [1.82, 2.24) is 4.98 Å². The van der Waals surface area contributed by atoms with Crippen LogP contribution in [0.5, 0.6) is 5.88 Å². The second-order valence-electron chi connectivity index (χ2n) is 3.98. The van der Waals surface area contributed by atoms with Crippen LogP contribution in [0.3, 0.4) is 0 Å². The Kier molecular flexibility index (Phi) is 5.16. The zero-order valence-electron chi connectivity index (χ0n) is 9.99. The van der Waals surface area contributed by atoms with Gasteiger partial charge in [-0.1, -0.05) is 39.2 Å². The van der Waals surface area contributed by atoms with E-state index in [1.54, 1.807) is 7.11 Å². The lowest BCUT2D eigenvalue weighted by Gasteiger charge is -2.13. The van der Waals surface area contributed by atoms with Gasteiger partial charge in [-0.25, -0.2) is 4.98 Å². The highest BCUT2D eigenvalue weighted by Gasteiger charge is 2.06. The Hall–Kier alpha value is -1.05. The summed E-state index contributed by atoms with van der Waals surface area (Å²) in [6.45, 7) is 4.51. The van der Waals surface area contributed by atoms with E-state index in [0.717, 1.165) is 12.3 Å². The first-order valence-corrected chi connectivity index (χ1v) is 5.79. The topological polar surface area (TPSA) is 22.1 Å². The summed E-state index contributed by atoms with van der Waals surface area (Å²) in [5.41, 5.74) is 1.32. The average molecular weight is 207 g/mol. The van der Waals surface area contributed by atoms with Crippen LogP contribution in [0.4, 0.5) is 0 Å². The van der Waals surface area contributed by atoms with Crippen molar-refractivity contribution in [3.8, 4) is 5.88 Å². The third kappa shape index (κ3) is 3.90. The van der Waals surface area contributed by atoms with Crippen molar-refractivity contribution in [2.75, 3.05) is 7.11 Å². The number of methoxy groups -OCH3 is 1. The highest BCUT2D eigenvalue weighted by molar-refractivity contribution is 5.18. The van der Waals surface area contributed by atoms with Crippen LogP contribution in [0.15, 0.2) is 18.3 Å². The van der Waals surface area contributed by atoms with Crippen LogP contribution in [0.2, 0.25) is 0 Å². The number of hydrogen-bond acceptors (Lipinski definition) is 2. The standard InChI is InChI=1S/C13H21NO/c1-4-6-11(5-2)9-12-7-8-13(15-3)14-10-12/h7-8,10-11H,4-6,9H2,1-3H3. The van der Waals surface area contributed by atoms with Crippen molar-refractivity contribution in [2.24, 2.45) is 5.92 Å². The van der Waals surface area contributed by atoms with Gasteiger partial charge < -0.3 is 4.74 Å². The largest absolute Gasteiger partial charge is 0.481 e. The fraction of sp³-hybridized carbons (Fsp3) is 0.615. The number of hydrogen-bond donors (Lipinski definition) is 0. The molecule has 2 heteroatoms. The number of pyridine rings is 1. The van der Waals surface area contributed by atoms with Gasteiger partial charge in [-0.15, -0.1) is 0 Å². The molecule has 1 unspecified atom stereocenters. The summed E-state index contributed by atoms with van der Waals surface area (Å²) in [5, 5.41) is 0. The fourth-order valence-electron chi connectivity index (χ4n) is 1.84. The molecule has 0 radical (unpaired) electrons. The highest BCUT2D eigenvalue weighted by atomic mass is 16.5. The van der Waals surface area contributed by atoms with Crippen LogP contribution in [0.1, 0.15) is 38.7 Å². The zero-order valence-corrected chi connectivity index (χ0v) is 9.99. The second-order valence-corrected chi connectivity index (χ2v) is 3.98. The first-order valence-electron chi connectivity index (χ1n) is 5.79. The Morgan fingerprint density at radius 3 is 2.60 bits per heavy atom. The van der Waals surface area contributed by atoms with Gasteiger partial charge in [-0.3, -0.25) is 0 Å². The van der Waals surface area contributed by atoms with Crippen molar-refractivity contribution < 1.29 is 4.74 Å². The third-order valence-electron chi connectivity index (χ3n) is 2.81. The van der Waals surface area contributed by atoms with E-state index in [2.05, 4.69) is 24.9 Å². The molecule has 1 rings (SSSR count). The predicted molar refractivity (Wildman–Crippen MR) is 63.2 cm³/mol. The van der Waals surface area contributed by atoms with Crippen LogP contribution in [0, 0.1) is 5.92 Å². The quantitative estimate of drug-likeness (QED) is 0.712. The Balaban J connectivity index is 2.55. The van der Waals surface area contributed by atoms with Crippen LogP contribution >= 0.6 is 0 Å². The predicted octanol–water partition coefficient (Wildman–Crippen LogP) is 3.46. The molecule has 0 saturated heterocycles. The van der Waals surface area contributed by atoms with E-state index in [1.807, 2.05) is 12.3 Å². The number of rotatable bonds is 6. The summed E-state index contributed by atoms with van der Waals surface area (Å²) in [6.07, 6.45) is 6.89. The monoisotopic (exact) mass is 207 g/mol. The van der Waals surface area contributed by atoms with E-state index in [4.69, 9.17) is 4.74 Å². The second kappa shape index (κ2) is 6.44. The molecule has 0 N–H and O–H groups in total. The molecule has 0 fully saturated rings. The molecule has 0 bridgehead atoms. The summed E-state index contributed by atoms with van der Waals surface area (Å²) < 4.78 is 5.04. The molecule has 0 spiro atoms. The lowest BCUT2D eigenvalue weighted by atomic mass is 9.94. The van der Waals surface area contributed by atoms with Crippen molar-refractivity contribution in [3.05, 3.63) is 23.9 Å². The minimum atomic E-state index is 0.697. The van der Waals surface area contributed by atoms with E-state index >= 15 is 0 Å². The van der Waals surface area contributed by atoms with Gasteiger partial charge in [-0.05, 0) is 17.9 Å². The Morgan fingerprint density at radius 2 is 2.13 bits per heavy atom. The summed E-state index contributed by atoms with van der Waals surface area (Å²) in [4.78, 5) is 4.22. The molecule has 2 nitrogen and oxygen atoms in total. The Bertz CT molecular complexity index is 268. The molecule has 1 aromatic rings. The van der Waals surface area contributed by atoms with Gasteiger partial charge in [0.1, 0.15) is 0 Å². The van der Waals surface area contributed by atoms with Gasteiger partial charge in [0.05, 0.1) is 7.11 Å². The number of nitrogens with zero attached hydrogens (tertiary/aromatic N) is 1. The van der Waals surface area contributed by atoms with Gasteiger partial charge in [0.25, 0.3) is 0 Å². The maximum atomic E-state index is 5.04. The van der Waals surface area contributed by atoms with Gasteiger partial charge in [-0.2, -0.15) is 0 Å². The smallest absolute Gasteiger partial charge is 0.212 e. The summed E-state index contributed by atoms with van der Waals surface area (Å²) >= 11 is 0. The van der Waals surface area contributed by atoms with Gasteiger partial charge in [0, 0.05) is 12.3 Å². The molecule has 0 aliphatic rings. The average Bonchev–Trinajstić information content (AvgIpc) is 2.29. The molecule has 0 aromatic carbocycles. The van der Waals surface area contributed by atoms with E-state index in [1.165, 1.54) is 24.8 Å². The SMILES string of the molecule is CCCC(CC)Cc1ccc(OC)nc1. The lowest BCUT2D eigenvalue weighted by Crippen LogP contribution is -2.03. The Morgan fingerprint density at radius 1 is 1.33 bits per heavy atom. The highest BCUT2D eigenvalue weighted by Crippen LogP contribution is 2.18. The molecular weight excluding hydrogens is 186 g/mol. The third-order valence-corrected chi connectivity index (χ3v) is 2.81. The van der Waals surface area contributed by atoms with Crippen LogP contribution < -0.4 is 4.74 Å². The molecule has 0 aliphatic carbocycles. The van der Waals surface area contributed by atoms with Crippen molar-refractivity contribution >= 4 is 0 Å². The van der Waals surface area contributed by atoms with E-state index < -0.39 is 0 Å². The Labute approximate surface area is 92.7 Å². The van der Waals surface area contributed by atoms with Gasteiger partial charge >= 0.3 is 0 Å². The molecule has 84 valence electrons. The molecular formula is C13H21NO. The van der Waals surface area contributed by atoms with Gasteiger partial charge in [0.15, 0.2) is 0 Å². The van der Waals surface area contributed by atoms with Crippen LogP contribution in [0.25, 0.3) is 0 Å². The normalized spacial score (nSPS) is 12.5. The van der Waals surface area contributed by atoms with Crippen LogP contribution in [-0.2, 0) is 6.42 Å². The molecule has 1 aromatic heterocycles. The summed E-state index contributed by atoms with van der Waals surface area (Å²) in [7, 11) is 1.65. The van der Waals surface area contributed by atoms with E-state index in [9.17, 15) is 0 Å². The maximum absolute atomic E-state index is 5.04. The summed E-state index contributed by atoms with van der Waals surface area (Å²) in [6, 6.07) is 4.05. The minimum Gasteiger partial charge on any atom is -0.481 e. The first-order chi connectivity index (χ1) is 7.30. The number of ether oxygens (including phenoxy) is 1. The molecule has 1 atom stereocenters. The van der Waals surface area contributed by atoms with E-state index in [-0.39, 0.29) is 0 Å². The molecule has 0 saturated carbocycles. The van der Waals surface area contributed by atoms with Crippen molar-refractivity contribution in [3.63, 3.8) is 0 Å².